The first-order valence-electron chi connectivity index (χ1n) is 10.6. The maximum atomic E-state index is 12.8. The number of hydrogen-bond acceptors (Lipinski definition) is 6. The minimum atomic E-state index is -3.86. The lowest BCUT2D eigenvalue weighted by Gasteiger charge is -2.22. The smallest absolute Gasteiger partial charge is 0.261 e. The Bertz CT molecular complexity index is 1470. The van der Waals surface area contributed by atoms with E-state index in [9.17, 15) is 21.6 Å². The van der Waals surface area contributed by atoms with Gasteiger partial charge in [-0.1, -0.05) is 29.8 Å². The molecule has 3 rings (SSSR count). The predicted molar refractivity (Wildman–Crippen MR) is 142 cm³/mol. The predicted octanol–water partition coefficient (Wildman–Crippen LogP) is 4.17. The van der Waals surface area contributed by atoms with Gasteiger partial charge in [0.15, 0.2) is 0 Å². The lowest BCUT2D eigenvalue weighted by molar-refractivity contribution is -0.114. The maximum Gasteiger partial charge on any atom is 0.261 e. The van der Waals surface area contributed by atoms with Crippen LogP contribution in [0.25, 0.3) is 0 Å². The normalized spacial score (nSPS) is 11.6. The van der Waals surface area contributed by atoms with Gasteiger partial charge >= 0.3 is 0 Å². The molecule has 0 atom stereocenters. The van der Waals surface area contributed by atoms with Crippen LogP contribution in [-0.2, 0) is 24.8 Å². The summed E-state index contributed by atoms with van der Waals surface area (Å²) in [6.45, 7) is 3.10. The molecule has 9 nitrogen and oxygen atoms in total. The van der Waals surface area contributed by atoms with Crippen LogP contribution in [0.2, 0.25) is 5.02 Å². The lowest BCUT2D eigenvalue weighted by atomic mass is 10.1. The average Bonchev–Trinajstić information content (AvgIpc) is 2.79. The molecule has 1 amide bonds. The first kappa shape index (κ1) is 27.3. The fraction of sp³-hybridized carbons (Fsp3) is 0.208. The van der Waals surface area contributed by atoms with E-state index in [-0.39, 0.29) is 15.6 Å². The number of ether oxygens (including phenoxy) is 1. The van der Waals surface area contributed by atoms with Crippen LogP contribution < -0.4 is 19.1 Å². The van der Waals surface area contributed by atoms with Gasteiger partial charge in [0, 0.05) is 5.69 Å². The summed E-state index contributed by atoms with van der Waals surface area (Å²) in [4.78, 5) is 12.7. The summed E-state index contributed by atoms with van der Waals surface area (Å²) in [5.74, 6) is -0.267. The minimum absolute atomic E-state index is 0.00814. The second-order valence-electron chi connectivity index (χ2n) is 8.03. The Labute approximate surface area is 216 Å². The highest BCUT2D eigenvalue weighted by atomic mass is 35.5. The molecule has 36 heavy (non-hydrogen) atoms. The van der Waals surface area contributed by atoms with Gasteiger partial charge in [0.25, 0.3) is 10.0 Å². The number of rotatable bonds is 9. The van der Waals surface area contributed by atoms with Gasteiger partial charge in [-0.05, 0) is 67.4 Å². The first-order chi connectivity index (χ1) is 16.8. The molecule has 0 aliphatic carbocycles. The number of anilines is 3. The summed E-state index contributed by atoms with van der Waals surface area (Å²) >= 11 is 6.11. The van der Waals surface area contributed by atoms with E-state index in [2.05, 4.69) is 10.0 Å². The fourth-order valence-corrected chi connectivity index (χ4v) is 5.73. The van der Waals surface area contributed by atoms with Crippen molar-refractivity contribution in [2.24, 2.45) is 0 Å². The van der Waals surface area contributed by atoms with Crippen molar-refractivity contribution in [3.63, 3.8) is 0 Å². The van der Waals surface area contributed by atoms with Crippen LogP contribution in [0.15, 0.2) is 65.6 Å². The number of carbonyl (C=O) groups excluding carboxylic acids is 1. The third-order valence-electron chi connectivity index (χ3n) is 5.28. The zero-order valence-corrected chi connectivity index (χ0v) is 22.5. The second kappa shape index (κ2) is 10.8. The van der Waals surface area contributed by atoms with Gasteiger partial charge < -0.3 is 10.1 Å². The Hall–Kier alpha value is -3.28. The maximum absolute atomic E-state index is 12.8. The van der Waals surface area contributed by atoms with E-state index < -0.39 is 32.5 Å². The van der Waals surface area contributed by atoms with E-state index in [0.717, 1.165) is 21.7 Å². The molecule has 2 N–H and O–H groups in total. The summed E-state index contributed by atoms with van der Waals surface area (Å²) in [5, 5.41) is 2.77. The molecule has 192 valence electrons. The SMILES string of the molecule is COc1ccc(N(CC(=O)Nc2ccc(S(=O)(=O)Nc3c(C)cccc3C)cc2)S(C)(=O)=O)cc1Cl. The number of nitrogens with zero attached hydrogens (tertiary/aromatic N) is 1. The van der Waals surface area contributed by atoms with Gasteiger partial charge in [-0.15, -0.1) is 0 Å². The average molecular weight is 552 g/mol. The van der Waals surface area contributed by atoms with Gasteiger partial charge in [0.05, 0.1) is 34.7 Å². The molecule has 0 spiro atoms. The van der Waals surface area contributed by atoms with E-state index in [0.29, 0.717) is 17.1 Å². The Kier molecular flexibility index (Phi) is 8.17. The van der Waals surface area contributed by atoms with Crippen LogP contribution in [0, 0.1) is 13.8 Å². The van der Waals surface area contributed by atoms with Crippen molar-refractivity contribution in [2.45, 2.75) is 18.7 Å². The standard InChI is InChI=1S/C24H26ClN3O6S2/c1-16-6-5-7-17(2)24(16)27-36(32,33)20-11-8-18(9-12-20)26-23(29)15-28(35(4,30)31)19-10-13-22(34-3)21(25)14-19/h5-14,27H,15H2,1-4H3,(H,26,29). The molecule has 0 fully saturated rings. The molecule has 0 bridgehead atoms. The molecular formula is C24H26ClN3O6S2. The first-order valence-corrected chi connectivity index (χ1v) is 14.3. The Morgan fingerprint density at radius 2 is 1.58 bits per heavy atom. The highest BCUT2D eigenvalue weighted by molar-refractivity contribution is 7.92. The van der Waals surface area contributed by atoms with Crippen LogP contribution in [0.4, 0.5) is 17.1 Å². The van der Waals surface area contributed by atoms with Crippen molar-refractivity contribution in [1.29, 1.82) is 0 Å². The van der Waals surface area contributed by atoms with Crippen molar-refractivity contribution >= 4 is 54.6 Å². The molecule has 3 aromatic rings. The number of benzene rings is 3. The minimum Gasteiger partial charge on any atom is -0.495 e. The quantitative estimate of drug-likeness (QED) is 0.411. The number of methoxy groups -OCH3 is 1. The fourth-order valence-electron chi connectivity index (χ4n) is 3.43. The van der Waals surface area contributed by atoms with E-state index in [4.69, 9.17) is 16.3 Å². The number of sulfonamides is 2. The van der Waals surface area contributed by atoms with Crippen LogP contribution in [0.1, 0.15) is 11.1 Å². The molecule has 0 aliphatic rings. The van der Waals surface area contributed by atoms with Crippen LogP contribution in [0.3, 0.4) is 0 Å². The summed E-state index contributed by atoms with van der Waals surface area (Å²) < 4.78 is 58.9. The van der Waals surface area contributed by atoms with Crippen LogP contribution in [-0.4, -0.2) is 42.7 Å². The van der Waals surface area contributed by atoms with Crippen molar-refractivity contribution in [1.82, 2.24) is 0 Å². The monoisotopic (exact) mass is 551 g/mol. The third kappa shape index (κ3) is 6.48. The van der Waals surface area contributed by atoms with Gasteiger partial charge in [-0.3, -0.25) is 13.8 Å². The molecule has 0 radical (unpaired) electrons. The molecule has 0 heterocycles. The van der Waals surface area contributed by atoms with Crippen LogP contribution >= 0.6 is 11.6 Å². The Morgan fingerprint density at radius 1 is 0.972 bits per heavy atom. The highest BCUT2D eigenvalue weighted by Crippen LogP contribution is 2.30. The number of hydrogen-bond donors (Lipinski definition) is 2. The van der Waals surface area contributed by atoms with Gasteiger partial charge in [0.2, 0.25) is 15.9 Å². The van der Waals surface area contributed by atoms with Crippen molar-refractivity contribution in [3.8, 4) is 5.75 Å². The van der Waals surface area contributed by atoms with Gasteiger partial charge in [-0.2, -0.15) is 0 Å². The van der Waals surface area contributed by atoms with Gasteiger partial charge in [0.1, 0.15) is 12.3 Å². The number of nitrogens with one attached hydrogen (secondary N) is 2. The number of amides is 1. The molecule has 0 unspecified atom stereocenters. The third-order valence-corrected chi connectivity index (χ3v) is 8.08. The second-order valence-corrected chi connectivity index (χ2v) is 12.0. The van der Waals surface area contributed by atoms with Crippen LogP contribution in [0.5, 0.6) is 5.75 Å². The Morgan fingerprint density at radius 3 is 2.11 bits per heavy atom. The number of aryl methyl sites for hydroxylation is 2. The van der Waals surface area contributed by atoms with E-state index >= 15 is 0 Å². The van der Waals surface area contributed by atoms with Crippen molar-refractivity contribution < 1.29 is 26.4 Å². The van der Waals surface area contributed by atoms with E-state index in [1.54, 1.807) is 0 Å². The largest absolute Gasteiger partial charge is 0.495 e. The van der Waals surface area contributed by atoms with E-state index in [1.165, 1.54) is 49.6 Å². The number of carbonyl (C=O) groups is 1. The lowest BCUT2D eigenvalue weighted by Crippen LogP contribution is -2.37. The highest BCUT2D eigenvalue weighted by Gasteiger charge is 2.22. The number of halogens is 1. The zero-order valence-electron chi connectivity index (χ0n) is 20.1. The molecule has 12 heteroatoms. The molecule has 3 aromatic carbocycles. The molecule has 0 aliphatic heterocycles. The van der Waals surface area contributed by atoms with E-state index in [1.807, 2.05) is 32.0 Å². The summed E-state index contributed by atoms with van der Waals surface area (Å²) in [6.07, 6.45) is 0.973. The number of para-hydroxylation sites is 1. The molecular weight excluding hydrogens is 526 g/mol. The van der Waals surface area contributed by atoms with Gasteiger partial charge in [-0.25, -0.2) is 16.8 Å². The molecule has 0 aromatic heterocycles. The zero-order chi connectivity index (χ0) is 26.7. The van der Waals surface area contributed by atoms with Crippen molar-refractivity contribution in [2.75, 3.05) is 34.3 Å². The summed E-state index contributed by atoms with van der Waals surface area (Å²) in [6, 6.07) is 15.4. The molecule has 0 saturated carbocycles. The summed E-state index contributed by atoms with van der Waals surface area (Å²) in [7, 11) is -6.25. The van der Waals surface area contributed by atoms with Crippen molar-refractivity contribution in [3.05, 3.63) is 76.8 Å². The topological polar surface area (TPSA) is 122 Å². The Balaban J connectivity index is 1.75. The molecule has 0 saturated heterocycles. The summed E-state index contributed by atoms with van der Waals surface area (Å²) in [5.41, 5.74) is 2.58.